The Morgan fingerprint density at radius 1 is 1.06 bits per heavy atom. The van der Waals surface area contributed by atoms with Crippen LogP contribution >= 0.6 is 0 Å². The van der Waals surface area contributed by atoms with Gasteiger partial charge in [-0.1, -0.05) is 36.4 Å². The number of pyridine rings is 1. The van der Waals surface area contributed by atoms with Gasteiger partial charge < -0.3 is 11.1 Å². The van der Waals surface area contributed by atoms with E-state index in [1.54, 1.807) is 0 Å². The molecule has 3 N–H and O–H groups in total. The molecule has 2 rings (SSSR count). The predicted octanol–water partition coefficient (Wildman–Crippen LogP) is 2.11. The molecule has 2 aromatic rings. The second kappa shape index (κ2) is 6.89. The summed E-state index contributed by atoms with van der Waals surface area (Å²) in [6.45, 7) is 1.60. The van der Waals surface area contributed by atoms with Gasteiger partial charge in [0.05, 0.1) is 11.7 Å². The average molecular weight is 241 g/mol. The Morgan fingerprint density at radius 2 is 1.83 bits per heavy atom. The van der Waals surface area contributed by atoms with Gasteiger partial charge in [-0.3, -0.25) is 4.98 Å². The highest BCUT2D eigenvalue weighted by molar-refractivity contribution is 5.27. The lowest BCUT2D eigenvalue weighted by Gasteiger charge is -2.18. The maximum atomic E-state index is 5.54. The molecule has 3 heteroatoms. The fourth-order valence-electron chi connectivity index (χ4n) is 1.93. The maximum Gasteiger partial charge on any atom is 0.0751 e. The molecule has 0 amide bonds. The Morgan fingerprint density at radius 3 is 2.50 bits per heavy atom. The summed E-state index contributed by atoms with van der Waals surface area (Å²) < 4.78 is 0. The standard InChI is InChI=1S/C15H19N3/c16-10-6-12-18-15(13-7-2-1-3-8-13)14-9-4-5-11-17-14/h1-5,7-9,11,15,18H,6,10,12,16H2. The Labute approximate surface area is 108 Å². The van der Waals surface area contributed by atoms with E-state index < -0.39 is 0 Å². The zero-order valence-electron chi connectivity index (χ0n) is 10.4. The summed E-state index contributed by atoms with van der Waals surface area (Å²) >= 11 is 0. The van der Waals surface area contributed by atoms with Gasteiger partial charge in [-0.25, -0.2) is 0 Å². The predicted molar refractivity (Wildman–Crippen MR) is 74.2 cm³/mol. The summed E-state index contributed by atoms with van der Waals surface area (Å²) in [6, 6.07) is 16.5. The summed E-state index contributed by atoms with van der Waals surface area (Å²) in [5.41, 5.74) is 7.81. The first-order valence-electron chi connectivity index (χ1n) is 6.31. The lowest BCUT2D eigenvalue weighted by molar-refractivity contribution is 0.576. The molecular weight excluding hydrogens is 222 g/mol. The van der Waals surface area contributed by atoms with Crippen LogP contribution in [0.15, 0.2) is 54.7 Å². The van der Waals surface area contributed by atoms with Crippen molar-refractivity contribution < 1.29 is 0 Å². The van der Waals surface area contributed by atoms with E-state index >= 15 is 0 Å². The van der Waals surface area contributed by atoms with Crippen LogP contribution in [0.1, 0.15) is 23.7 Å². The number of aromatic nitrogens is 1. The summed E-state index contributed by atoms with van der Waals surface area (Å²) in [4.78, 5) is 4.44. The summed E-state index contributed by atoms with van der Waals surface area (Å²) in [6.07, 6.45) is 2.80. The smallest absolute Gasteiger partial charge is 0.0751 e. The Balaban J connectivity index is 2.18. The number of nitrogens with one attached hydrogen (secondary N) is 1. The zero-order chi connectivity index (χ0) is 12.6. The largest absolute Gasteiger partial charge is 0.330 e. The van der Waals surface area contributed by atoms with Gasteiger partial charge in [0, 0.05) is 6.20 Å². The molecule has 0 fully saturated rings. The summed E-state index contributed by atoms with van der Waals surface area (Å²) in [7, 11) is 0. The molecule has 1 aromatic heterocycles. The van der Waals surface area contributed by atoms with Crippen molar-refractivity contribution in [3.63, 3.8) is 0 Å². The van der Waals surface area contributed by atoms with Crippen molar-refractivity contribution in [1.82, 2.24) is 10.3 Å². The molecule has 0 saturated heterocycles. The van der Waals surface area contributed by atoms with Gasteiger partial charge in [-0.2, -0.15) is 0 Å². The molecule has 0 aliphatic rings. The molecule has 1 unspecified atom stereocenters. The normalized spacial score (nSPS) is 12.3. The fourth-order valence-corrected chi connectivity index (χ4v) is 1.93. The molecule has 0 bridgehead atoms. The van der Waals surface area contributed by atoms with Crippen LogP contribution in [0.25, 0.3) is 0 Å². The van der Waals surface area contributed by atoms with Crippen LogP contribution in [-0.2, 0) is 0 Å². The fraction of sp³-hybridized carbons (Fsp3) is 0.267. The zero-order valence-corrected chi connectivity index (χ0v) is 10.4. The lowest BCUT2D eigenvalue weighted by atomic mass is 10.0. The second-order valence-corrected chi connectivity index (χ2v) is 4.19. The van der Waals surface area contributed by atoms with Crippen molar-refractivity contribution in [2.75, 3.05) is 13.1 Å². The Hall–Kier alpha value is -1.71. The first-order valence-corrected chi connectivity index (χ1v) is 6.31. The van der Waals surface area contributed by atoms with Crippen molar-refractivity contribution in [1.29, 1.82) is 0 Å². The van der Waals surface area contributed by atoms with Crippen LogP contribution in [0.3, 0.4) is 0 Å². The average Bonchev–Trinajstić information content (AvgIpc) is 2.46. The first-order chi connectivity index (χ1) is 8.92. The third-order valence-corrected chi connectivity index (χ3v) is 2.85. The van der Waals surface area contributed by atoms with Gasteiger partial charge in [0.15, 0.2) is 0 Å². The number of hydrogen-bond acceptors (Lipinski definition) is 3. The number of benzene rings is 1. The van der Waals surface area contributed by atoms with Gasteiger partial charge in [0.1, 0.15) is 0 Å². The van der Waals surface area contributed by atoms with Crippen molar-refractivity contribution in [3.8, 4) is 0 Å². The van der Waals surface area contributed by atoms with E-state index in [1.165, 1.54) is 5.56 Å². The van der Waals surface area contributed by atoms with Crippen molar-refractivity contribution in [2.24, 2.45) is 5.73 Å². The first kappa shape index (κ1) is 12.7. The minimum absolute atomic E-state index is 0.138. The number of nitrogens with two attached hydrogens (primary N) is 1. The number of nitrogens with zero attached hydrogens (tertiary/aromatic N) is 1. The van der Waals surface area contributed by atoms with Gasteiger partial charge in [-0.15, -0.1) is 0 Å². The molecule has 1 heterocycles. The Kier molecular flexibility index (Phi) is 4.88. The maximum absolute atomic E-state index is 5.54. The third kappa shape index (κ3) is 3.39. The van der Waals surface area contributed by atoms with Crippen molar-refractivity contribution in [2.45, 2.75) is 12.5 Å². The SMILES string of the molecule is NCCCNC(c1ccccc1)c1ccccn1. The molecule has 0 saturated carbocycles. The van der Waals surface area contributed by atoms with E-state index in [-0.39, 0.29) is 6.04 Å². The molecule has 0 spiro atoms. The van der Waals surface area contributed by atoms with E-state index in [0.717, 1.165) is 18.7 Å². The van der Waals surface area contributed by atoms with Gasteiger partial charge in [0.25, 0.3) is 0 Å². The lowest BCUT2D eigenvalue weighted by Crippen LogP contribution is -2.25. The molecule has 3 nitrogen and oxygen atoms in total. The number of hydrogen-bond donors (Lipinski definition) is 2. The van der Waals surface area contributed by atoms with Gasteiger partial charge >= 0.3 is 0 Å². The second-order valence-electron chi connectivity index (χ2n) is 4.19. The van der Waals surface area contributed by atoms with Crippen LogP contribution in [0, 0.1) is 0 Å². The van der Waals surface area contributed by atoms with E-state index in [0.29, 0.717) is 6.54 Å². The van der Waals surface area contributed by atoms with Crippen molar-refractivity contribution in [3.05, 3.63) is 66.0 Å². The Bertz CT molecular complexity index is 402. The molecule has 0 radical (unpaired) electrons. The number of rotatable bonds is 6. The molecule has 1 atom stereocenters. The quantitative estimate of drug-likeness (QED) is 0.762. The molecule has 0 aliphatic heterocycles. The molecule has 18 heavy (non-hydrogen) atoms. The van der Waals surface area contributed by atoms with Crippen LogP contribution in [0.4, 0.5) is 0 Å². The van der Waals surface area contributed by atoms with Crippen molar-refractivity contribution >= 4 is 0 Å². The van der Waals surface area contributed by atoms with E-state index in [1.807, 2.05) is 30.5 Å². The summed E-state index contributed by atoms with van der Waals surface area (Å²) in [5.74, 6) is 0. The highest BCUT2D eigenvalue weighted by Gasteiger charge is 2.13. The topological polar surface area (TPSA) is 50.9 Å². The highest BCUT2D eigenvalue weighted by Crippen LogP contribution is 2.19. The third-order valence-electron chi connectivity index (χ3n) is 2.85. The van der Waals surface area contributed by atoms with Gasteiger partial charge in [0.2, 0.25) is 0 Å². The van der Waals surface area contributed by atoms with E-state index in [2.05, 4.69) is 34.6 Å². The van der Waals surface area contributed by atoms with Crippen LogP contribution in [0.2, 0.25) is 0 Å². The van der Waals surface area contributed by atoms with E-state index in [9.17, 15) is 0 Å². The molecule has 0 aliphatic carbocycles. The van der Waals surface area contributed by atoms with Gasteiger partial charge in [-0.05, 0) is 37.2 Å². The van der Waals surface area contributed by atoms with Crippen LogP contribution in [0.5, 0.6) is 0 Å². The minimum atomic E-state index is 0.138. The molecule has 94 valence electrons. The minimum Gasteiger partial charge on any atom is -0.330 e. The summed E-state index contributed by atoms with van der Waals surface area (Å²) in [5, 5.41) is 3.51. The molecular formula is C15H19N3. The molecule has 1 aromatic carbocycles. The highest BCUT2D eigenvalue weighted by atomic mass is 14.9. The monoisotopic (exact) mass is 241 g/mol. The van der Waals surface area contributed by atoms with Crippen LogP contribution < -0.4 is 11.1 Å². The van der Waals surface area contributed by atoms with Crippen LogP contribution in [-0.4, -0.2) is 18.1 Å². The van der Waals surface area contributed by atoms with E-state index in [4.69, 9.17) is 5.73 Å².